The molecular formula is C15H22N2O. The first-order chi connectivity index (χ1) is 8.55. The zero-order valence-corrected chi connectivity index (χ0v) is 11.3. The van der Waals surface area contributed by atoms with Crippen molar-refractivity contribution < 1.29 is 4.79 Å². The zero-order valence-electron chi connectivity index (χ0n) is 11.3. The number of rotatable bonds is 3. The Hall–Kier alpha value is -1.38. The van der Waals surface area contributed by atoms with Crippen LogP contribution in [0.2, 0.25) is 0 Å². The van der Waals surface area contributed by atoms with Gasteiger partial charge in [-0.1, -0.05) is 19.9 Å². The summed E-state index contributed by atoms with van der Waals surface area (Å²) < 4.78 is 0. The molecule has 0 aliphatic heterocycles. The fraction of sp³-hybridized carbons (Fsp3) is 0.600. The SMILES string of the molecule is CC1(C)CCC(NC(=O)Cc2cccnc2)CC1. The summed E-state index contributed by atoms with van der Waals surface area (Å²) in [5.74, 6) is 0.118. The van der Waals surface area contributed by atoms with Crippen molar-refractivity contribution in [2.45, 2.75) is 52.0 Å². The van der Waals surface area contributed by atoms with Crippen LogP contribution in [0.3, 0.4) is 0 Å². The lowest BCUT2D eigenvalue weighted by Crippen LogP contribution is -2.39. The van der Waals surface area contributed by atoms with Crippen LogP contribution in [-0.2, 0) is 11.2 Å². The minimum Gasteiger partial charge on any atom is -0.353 e. The summed E-state index contributed by atoms with van der Waals surface area (Å²) >= 11 is 0. The van der Waals surface area contributed by atoms with Crippen molar-refractivity contribution in [1.29, 1.82) is 0 Å². The summed E-state index contributed by atoms with van der Waals surface area (Å²) in [6.45, 7) is 4.61. The van der Waals surface area contributed by atoms with E-state index >= 15 is 0 Å². The molecule has 0 spiro atoms. The highest BCUT2D eigenvalue weighted by molar-refractivity contribution is 5.78. The Morgan fingerprint density at radius 1 is 1.44 bits per heavy atom. The largest absolute Gasteiger partial charge is 0.353 e. The van der Waals surface area contributed by atoms with E-state index in [1.54, 1.807) is 12.4 Å². The molecule has 18 heavy (non-hydrogen) atoms. The van der Waals surface area contributed by atoms with Crippen molar-refractivity contribution in [3.05, 3.63) is 30.1 Å². The number of hydrogen-bond acceptors (Lipinski definition) is 2. The number of nitrogens with one attached hydrogen (secondary N) is 1. The molecule has 3 heteroatoms. The highest BCUT2D eigenvalue weighted by atomic mass is 16.1. The summed E-state index contributed by atoms with van der Waals surface area (Å²) in [6, 6.07) is 4.17. The molecule has 0 saturated heterocycles. The predicted molar refractivity (Wildman–Crippen MR) is 72.1 cm³/mol. The average molecular weight is 246 g/mol. The van der Waals surface area contributed by atoms with E-state index in [9.17, 15) is 4.79 Å². The van der Waals surface area contributed by atoms with Crippen LogP contribution in [0.5, 0.6) is 0 Å². The molecule has 1 N–H and O–H groups in total. The second-order valence-electron chi connectivity index (χ2n) is 6.04. The quantitative estimate of drug-likeness (QED) is 0.891. The molecule has 0 atom stereocenters. The van der Waals surface area contributed by atoms with E-state index in [-0.39, 0.29) is 5.91 Å². The number of carbonyl (C=O) groups is 1. The van der Waals surface area contributed by atoms with Gasteiger partial charge < -0.3 is 5.32 Å². The maximum absolute atomic E-state index is 11.9. The standard InChI is InChI=1S/C15H22N2O/c1-15(2)7-5-13(6-8-15)17-14(18)10-12-4-3-9-16-11-12/h3-4,9,11,13H,5-8,10H2,1-2H3,(H,17,18). The van der Waals surface area contributed by atoms with Gasteiger partial charge in [-0.05, 0) is 42.7 Å². The third kappa shape index (κ3) is 3.83. The van der Waals surface area contributed by atoms with Crippen LogP contribution in [0.1, 0.15) is 45.1 Å². The van der Waals surface area contributed by atoms with Gasteiger partial charge >= 0.3 is 0 Å². The molecule has 98 valence electrons. The van der Waals surface area contributed by atoms with E-state index in [0.717, 1.165) is 18.4 Å². The van der Waals surface area contributed by atoms with E-state index in [1.165, 1.54) is 12.8 Å². The molecular weight excluding hydrogens is 224 g/mol. The Kier molecular flexibility index (Phi) is 4.00. The minimum atomic E-state index is 0.118. The Labute approximate surface area is 109 Å². The maximum Gasteiger partial charge on any atom is 0.224 e. The predicted octanol–water partition coefficient (Wildman–Crippen LogP) is 2.71. The van der Waals surface area contributed by atoms with Gasteiger partial charge in [-0.15, -0.1) is 0 Å². The third-order valence-corrected chi connectivity index (χ3v) is 3.79. The molecule has 1 amide bonds. The molecule has 1 heterocycles. The summed E-state index contributed by atoms with van der Waals surface area (Å²) in [4.78, 5) is 15.9. The molecule has 1 aliphatic rings. The van der Waals surface area contributed by atoms with Gasteiger partial charge in [-0.25, -0.2) is 0 Å². The summed E-state index contributed by atoms with van der Waals surface area (Å²) in [5, 5.41) is 3.14. The van der Waals surface area contributed by atoms with Crippen LogP contribution in [0.25, 0.3) is 0 Å². The third-order valence-electron chi connectivity index (χ3n) is 3.79. The maximum atomic E-state index is 11.9. The molecule has 0 unspecified atom stereocenters. The van der Waals surface area contributed by atoms with Gasteiger partial charge in [0.05, 0.1) is 6.42 Å². The van der Waals surface area contributed by atoms with Crippen molar-refractivity contribution in [3.8, 4) is 0 Å². The van der Waals surface area contributed by atoms with Crippen molar-refractivity contribution in [2.24, 2.45) is 5.41 Å². The van der Waals surface area contributed by atoms with E-state index in [1.807, 2.05) is 12.1 Å². The topological polar surface area (TPSA) is 42.0 Å². The van der Waals surface area contributed by atoms with Crippen LogP contribution in [0.15, 0.2) is 24.5 Å². The molecule has 1 aromatic rings. The minimum absolute atomic E-state index is 0.118. The number of pyridine rings is 1. The van der Waals surface area contributed by atoms with E-state index in [0.29, 0.717) is 17.9 Å². The number of hydrogen-bond donors (Lipinski definition) is 1. The molecule has 0 bridgehead atoms. The van der Waals surface area contributed by atoms with Crippen molar-refractivity contribution >= 4 is 5.91 Å². The van der Waals surface area contributed by atoms with Gasteiger partial charge in [0.2, 0.25) is 5.91 Å². The van der Waals surface area contributed by atoms with Gasteiger partial charge in [-0.3, -0.25) is 9.78 Å². The second-order valence-corrected chi connectivity index (χ2v) is 6.04. The highest BCUT2D eigenvalue weighted by Crippen LogP contribution is 2.34. The molecule has 1 aromatic heterocycles. The fourth-order valence-corrected chi connectivity index (χ4v) is 2.51. The normalized spacial score (nSPS) is 19.4. The average Bonchev–Trinajstić information content (AvgIpc) is 2.33. The molecule has 1 saturated carbocycles. The van der Waals surface area contributed by atoms with Crippen molar-refractivity contribution in [2.75, 3.05) is 0 Å². The highest BCUT2D eigenvalue weighted by Gasteiger charge is 2.27. The lowest BCUT2D eigenvalue weighted by atomic mass is 9.75. The first-order valence-electron chi connectivity index (χ1n) is 6.73. The van der Waals surface area contributed by atoms with Gasteiger partial charge in [0.15, 0.2) is 0 Å². The van der Waals surface area contributed by atoms with Crippen LogP contribution in [-0.4, -0.2) is 16.9 Å². The van der Waals surface area contributed by atoms with Crippen LogP contribution >= 0.6 is 0 Å². The Bertz CT molecular complexity index is 390. The molecule has 0 aromatic carbocycles. The van der Waals surface area contributed by atoms with Gasteiger partial charge in [0.1, 0.15) is 0 Å². The number of amides is 1. The molecule has 2 rings (SSSR count). The van der Waals surface area contributed by atoms with Gasteiger partial charge in [0, 0.05) is 18.4 Å². The summed E-state index contributed by atoms with van der Waals surface area (Å²) in [7, 11) is 0. The molecule has 3 nitrogen and oxygen atoms in total. The summed E-state index contributed by atoms with van der Waals surface area (Å²) in [6.07, 6.45) is 8.52. The van der Waals surface area contributed by atoms with Crippen LogP contribution in [0.4, 0.5) is 0 Å². The van der Waals surface area contributed by atoms with E-state index in [2.05, 4.69) is 24.1 Å². The molecule has 1 fully saturated rings. The molecule has 1 aliphatic carbocycles. The van der Waals surface area contributed by atoms with Crippen molar-refractivity contribution in [3.63, 3.8) is 0 Å². The summed E-state index contributed by atoms with van der Waals surface area (Å²) in [5.41, 5.74) is 1.43. The monoisotopic (exact) mass is 246 g/mol. The van der Waals surface area contributed by atoms with Crippen LogP contribution < -0.4 is 5.32 Å². The second kappa shape index (κ2) is 5.51. The van der Waals surface area contributed by atoms with Crippen LogP contribution in [0, 0.1) is 5.41 Å². The first-order valence-corrected chi connectivity index (χ1v) is 6.73. The van der Waals surface area contributed by atoms with E-state index < -0.39 is 0 Å². The number of aromatic nitrogens is 1. The number of carbonyl (C=O) groups excluding carboxylic acids is 1. The lowest BCUT2D eigenvalue weighted by molar-refractivity contribution is -0.121. The Balaban J connectivity index is 1.79. The Morgan fingerprint density at radius 3 is 2.78 bits per heavy atom. The smallest absolute Gasteiger partial charge is 0.224 e. The Morgan fingerprint density at radius 2 is 2.17 bits per heavy atom. The molecule has 0 radical (unpaired) electrons. The zero-order chi connectivity index (χ0) is 13.0. The lowest BCUT2D eigenvalue weighted by Gasteiger charge is -2.34. The van der Waals surface area contributed by atoms with Gasteiger partial charge in [-0.2, -0.15) is 0 Å². The fourth-order valence-electron chi connectivity index (χ4n) is 2.51. The van der Waals surface area contributed by atoms with Crippen molar-refractivity contribution in [1.82, 2.24) is 10.3 Å². The van der Waals surface area contributed by atoms with Gasteiger partial charge in [0.25, 0.3) is 0 Å². The van der Waals surface area contributed by atoms with E-state index in [4.69, 9.17) is 0 Å². The number of nitrogens with zero attached hydrogens (tertiary/aromatic N) is 1. The first kappa shape index (κ1) is 13.1.